The van der Waals surface area contributed by atoms with Gasteiger partial charge in [-0.25, -0.2) is 0 Å². The van der Waals surface area contributed by atoms with Crippen molar-refractivity contribution >= 4 is 5.57 Å². The summed E-state index contributed by atoms with van der Waals surface area (Å²) < 4.78 is 16.5. The molecule has 0 spiro atoms. The highest BCUT2D eigenvalue weighted by atomic mass is 16.6. The van der Waals surface area contributed by atoms with Crippen LogP contribution >= 0.6 is 0 Å². The summed E-state index contributed by atoms with van der Waals surface area (Å²) in [6, 6.07) is 8.42. The molecule has 3 rings (SSSR count). The van der Waals surface area contributed by atoms with Crippen molar-refractivity contribution in [1.29, 1.82) is 0 Å². The predicted molar refractivity (Wildman–Crippen MR) is 83.6 cm³/mol. The Kier molecular flexibility index (Phi) is 4.61. The van der Waals surface area contributed by atoms with E-state index in [1.54, 1.807) is 0 Å². The van der Waals surface area contributed by atoms with Gasteiger partial charge in [0.1, 0.15) is 18.0 Å². The van der Waals surface area contributed by atoms with Gasteiger partial charge in [0.25, 0.3) is 0 Å². The van der Waals surface area contributed by atoms with Crippen molar-refractivity contribution in [3.8, 4) is 5.75 Å². The molecule has 1 aliphatic heterocycles. The van der Waals surface area contributed by atoms with Gasteiger partial charge >= 0.3 is 0 Å². The smallest absolute Gasteiger partial charge is 0.119 e. The average molecular weight is 288 g/mol. The molecule has 3 heteroatoms. The number of benzene rings is 1. The number of hydrogen-bond acceptors (Lipinski definition) is 3. The molecular formula is C18H24O3. The molecule has 0 N–H and O–H groups in total. The number of epoxide rings is 1. The molecule has 2 aliphatic rings. The minimum Gasteiger partial charge on any atom is -0.491 e. The van der Waals surface area contributed by atoms with E-state index in [9.17, 15) is 0 Å². The standard InChI is InChI=1S/C18H24O3/c1-18(14-21-18)13-19-11-12-20-17-9-7-16(8-10-17)15-5-3-2-4-6-15/h5,7-10H,2-4,6,11-14H2,1H3. The molecule has 114 valence electrons. The normalized spacial score (nSPS) is 24.5. The maximum Gasteiger partial charge on any atom is 0.119 e. The highest BCUT2D eigenvalue weighted by Crippen LogP contribution is 2.28. The molecule has 1 unspecified atom stereocenters. The molecule has 21 heavy (non-hydrogen) atoms. The van der Waals surface area contributed by atoms with Gasteiger partial charge in [-0.1, -0.05) is 18.2 Å². The van der Waals surface area contributed by atoms with Crippen LogP contribution in [0.15, 0.2) is 30.3 Å². The minimum atomic E-state index is -0.0324. The monoisotopic (exact) mass is 288 g/mol. The first-order chi connectivity index (χ1) is 10.3. The zero-order chi connectivity index (χ0) is 14.5. The van der Waals surface area contributed by atoms with Crippen molar-refractivity contribution in [3.63, 3.8) is 0 Å². The van der Waals surface area contributed by atoms with E-state index in [0.717, 1.165) is 12.4 Å². The lowest BCUT2D eigenvalue weighted by atomic mass is 9.94. The first-order valence-corrected chi connectivity index (χ1v) is 7.89. The summed E-state index contributed by atoms with van der Waals surface area (Å²) >= 11 is 0. The predicted octanol–water partition coefficient (Wildman–Crippen LogP) is 3.83. The van der Waals surface area contributed by atoms with Crippen LogP contribution in [0.1, 0.15) is 38.2 Å². The summed E-state index contributed by atoms with van der Waals surface area (Å²) in [6.45, 7) is 4.71. The van der Waals surface area contributed by atoms with Crippen LogP contribution < -0.4 is 4.74 Å². The van der Waals surface area contributed by atoms with Crippen molar-refractivity contribution in [3.05, 3.63) is 35.9 Å². The Hall–Kier alpha value is -1.32. The Morgan fingerprint density at radius 3 is 2.62 bits per heavy atom. The molecule has 1 fully saturated rings. The lowest BCUT2D eigenvalue weighted by molar-refractivity contribution is 0.0640. The lowest BCUT2D eigenvalue weighted by Crippen LogP contribution is -2.17. The lowest BCUT2D eigenvalue weighted by Gasteiger charge is -2.13. The van der Waals surface area contributed by atoms with E-state index in [0.29, 0.717) is 19.8 Å². The van der Waals surface area contributed by atoms with E-state index in [2.05, 4.69) is 37.3 Å². The largest absolute Gasteiger partial charge is 0.491 e. The second-order valence-electron chi connectivity index (χ2n) is 6.14. The molecule has 0 bridgehead atoms. The van der Waals surface area contributed by atoms with Gasteiger partial charge in [0.15, 0.2) is 0 Å². The minimum absolute atomic E-state index is 0.0324. The molecule has 0 saturated carbocycles. The summed E-state index contributed by atoms with van der Waals surface area (Å²) in [6.07, 6.45) is 7.43. The fourth-order valence-electron chi connectivity index (χ4n) is 2.58. The van der Waals surface area contributed by atoms with Gasteiger partial charge in [0.05, 0.1) is 19.8 Å². The molecule has 1 aromatic rings. The molecule has 1 atom stereocenters. The van der Waals surface area contributed by atoms with E-state index < -0.39 is 0 Å². The maximum absolute atomic E-state index is 5.70. The molecule has 1 aromatic carbocycles. The Balaban J connectivity index is 1.40. The zero-order valence-electron chi connectivity index (χ0n) is 12.8. The van der Waals surface area contributed by atoms with E-state index in [1.165, 1.54) is 36.8 Å². The summed E-state index contributed by atoms with van der Waals surface area (Å²) in [5.74, 6) is 0.910. The number of hydrogen-bond donors (Lipinski definition) is 0. The van der Waals surface area contributed by atoms with Crippen LogP contribution in [0, 0.1) is 0 Å². The summed E-state index contributed by atoms with van der Waals surface area (Å²) in [7, 11) is 0. The second kappa shape index (κ2) is 6.63. The number of allylic oxidation sites excluding steroid dienone is 2. The van der Waals surface area contributed by atoms with Gasteiger partial charge < -0.3 is 14.2 Å². The third-order valence-corrected chi connectivity index (χ3v) is 4.06. The van der Waals surface area contributed by atoms with Gasteiger partial charge in [-0.15, -0.1) is 0 Å². The van der Waals surface area contributed by atoms with Crippen molar-refractivity contribution in [2.75, 3.05) is 26.4 Å². The number of ether oxygens (including phenoxy) is 3. The van der Waals surface area contributed by atoms with Crippen molar-refractivity contribution in [2.24, 2.45) is 0 Å². The fourth-order valence-corrected chi connectivity index (χ4v) is 2.58. The van der Waals surface area contributed by atoms with Gasteiger partial charge in [0.2, 0.25) is 0 Å². The average Bonchev–Trinajstić information content (AvgIpc) is 3.26. The molecular weight excluding hydrogens is 264 g/mol. The Morgan fingerprint density at radius 1 is 1.14 bits per heavy atom. The van der Waals surface area contributed by atoms with E-state index >= 15 is 0 Å². The van der Waals surface area contributed by atoms with E-state index in [-0.39, 0.29) is 5.60 Å². The topological polar surface area (TPSA) is 31.0 Å². The Bertz CT molecular complexity index is 486. The van der Waals surface area contributed by atoms with Gasteiger partial charge in [0, 0.05) is 0 Å². The quantitative estimate of drug-likeness (QED) is 0.564. The Morgan fingerprint density at radius 2 is 1.95 bits per heavy atom. The fraction of sp³-hybridized carbons (Fsp3) is 0.556. The Labute approximate surface area is 126 Å². The molecule has 0 radical (unpaired) electrons. The maximum atomic E-state index is 5.70. The summed E-state index contributed by atoms with van der Waals surface area (Å²) in [5, 5.41) is 0. The third kappa shape index (κ3) is 4.32. The zero-order valence-corrected chi connectivity index (χ0v) is 12.8. The van der Waals surface area contributed by atoms with Crippen LogP contribution in [-0.4, -0.2) is 32.0 Å². The summed E-state index contributed by atoms with van der Waals surface area (Å²) in [5.41, 5.74) is 2.78. The van der Waals surface area contributed by atoms with Crippen LogP contribution in [0.3, 0.4) is 0 Å². The SMILES string of the molecule is CC1(COCCOc2ccc(C3=CCCCC3)cc2)CO1. The summed E-state index contributed by atoms with van der Waals surface area (Å²) in [4.78, 5) is 0. The molecule has 1 aliphatic carbocycles. The number of rotatable bonds is 7. The molecule has 1 saturated heterocycles. The first kappa shape index (κ1) is 14.6. The molecule has 0 aromatic heterocycles. The van der Waals surface area contributed by atoms with Crippen LogP contribution in [0.4, 0.5) is 0 Å². The highest BCUT2D eigenvalue weighted by Gasteiger charge is 2.39. The van der Waals surface area contributed by atoms with Crippen molar-refractivity contribution < 1.29 is 14.2 Å². The third-order valence-electron chi connectivity index (χ3n) is 4.06. The van der Waals surface area contributed by atoms with Crippen molar-refractivity contribution in [1.82, 2.24) is 0 Å². The van der Waals surface area contributed by atoms with Crippen LogP contribution in [0.25, 0.3) is 5.57 Å². The van der Waals surface area contributed by atoms with Gasteiger partial charge in [-0.05, 0) is 55.9 Å². The van der Waals surface area contributed by atoms with Crippen LogP contribution in [0.2, 0.25) is 0 Å². The van der Waals surface area contributed by atoms with E-state index in [4.69, 9.17) is 14.2 Å². The van der Waals surface area contributed by atoms with Gasteiger partial charge in [-0.2, -0.15) is 0 Å². The molecule has 3 nitrogen and oxygen atoms in total. The van der Waals surface area contributed by atoms with E-state index in [1.807, 2.05) is 0 Å². The first-order valence-electron chi connectivity index (χ1n) is 7.89. The molecule has 0 amide bonds. The van der Waals surface area contributed by atoms with Crippen molar-refractivity contribution in [2.45, 2.75) is 38.2 Å². The van der Waals surface area contributed by atoms with Crippen LogP contribution in [0.5, 0.6) is 5.75 Å². The van der Waals surface area contributed by atoms with Gasteiger partial charge in [-0.3, -0.25) is 0 Å². The molecule has 1 heterocycles. The highest BCUT2D eigenvalue weighted by molar-refractivity contribution is 5.66. The second-order valence-corrected chi connectivity index (χ2v) is 6.14. The van der Waals surface area contributed by atoms with Crippen LogP contribution in [-0.2, 0) is 9.47 Å².